The largest absolute Gasteiger partial charge is 0.493 e. The van der Waals surface area contributed by atoms with E-state index in [1.807, 2.05) is 19.1 Å². The molecule has 0 saturated heterocycles. The van der Waals surface area contributed by atoms with Crippen molar-refractivity contribution in [2.75, 3.05) is 14.2 Å². The van der Waals surface area contributed by atoms with Gasteiger partial charge in [0.05, 0.1) is 20.3 Å². The fourth-order valence-electron chi connectivity index (χ4n) is 3.02. The first-order chi connectivity index (χ1) is 13.6. The van der Waals surface area contributed by atoms with Gasteiger partial charge in [-0.25, -0.2) is 0 Å². The molecule has 0 aliphatic rings. The lowest BCUT2D eigenvalue weighted by Gasteiger charge is -2.18. The monoisotopic (exact) mass is 488 g/mol. The SMILES string of the molecule is CCC(C)Oc1c(OC)cc(/C=C/c2c(I)ccc3ccccc23)cc1OC. The Balaban J connectivity index is 2.02. The Morgan fingerprint density at radius 1 is 0.964 bits per heavy atom. The van der Waals surface area contributed by atoms with E-state index in [2.05, 4.69) is 78.1 Å². The number of benzene rings is 3. The van der Waals surface area contributed by atoms with Gasteiger partial charge in [-0.1, -0.05) is 49.4 Å². The molecule has 28 heavy (non-hydrogen) atoms. The predicted octanol–water partition coefficient (Wildman–Crippen LogP) is 6.81. The highest BCUT2D eigenvalue weighted by molar-refractivity contribution is 14.1. The van der Waals surface area contributed by atoms with Gasteiger partial charge in [0.25, 0.3) is 0 Å². The van der Waals surface area contributed by atoms with Crippen LogP contribution in [0.15, 0.2) is 48.5 Å². The molecule has 0 spiro atoms. The second kappa shape index (κ2) is 9.32. The molecule has 0 saturated carbocycles. The second-order valence-corrected chi connectivity index (χ2v) is 7.77. The molecule has 3 aromatic carbocycles. The lowest BCUT2D eigenvalue weighted by molar-refractivity contribution is 0.198. The summed E-state index contributed by atoms with van der Waals surface area (Å²) in [6.07, 6.45) is 5.23. The first kappa shape index (κ1) is 20.5. The molecule has 4 heteroatoms. The molecule has 0 fully saturated rings. The van der Waals surface area contributed by atoms with Crippen LogP contribution >= 0.6 is 22.6 Å². The number of rotatable bonds is 7. The zero-order chi connectivity index (χ0) is 20.1. The third kappa shape index (κ3) is 4.43. The molecule has 3 nitrogen and oxygen atoms in total. The summed E-state index contributed by atoms with van der Waals surface area (Å²) in [5, 5.41) is 2.47. The second-order valence-electron chi connectivity index (χ2n) is 6.61. The molecular formula is C24H25IO3. The van der Waals surface area contributed by atoms with Crippen LogP contribution in [0, 0.1) is 3.57 Å². The maximum absolute atomic E-state index is 6.03. The number of ether oxygens (including phenoxy) is 3. The standard InChI is InChI=1S/C24H25IO3/c1-5-16(2)28-24-22(26-3)14-17(15-23(24)27-4)10-12-20-19-9-7-6-8-18(19)11-13-21(20)25/h6-16H,5H2,1-4H3/b12-10+. The molecule has 3 rings (SSSR count). The molecule has 146 valence electrons. The first-order valence-electron chi connectivity index (χ1n) is 9.35. The Morgan fingerprint density at radius 3 is 2.29 bits per heavy atom. The Hall–Kier alpha value is -2.21. The van der Waals surface area contributed by atoms with Crippen molar-refractivity contribution in [2.45, 2.75) is 26.4 Å². The van der Waals surface area contributed by atoms with Crippen LogP contribution in [0.3, 0.4) is 0 Å². The molecular weight excluding hydrogens is 463 g/mol. The van der Waals surface area contributed by atoms with E-state index in [1.54, 1.807) is 14.2 Å². The fourth-order valence-corrected chi connectivity index (χ4v) is 3.67. The highest BCUT2D eigenvalue weighted by Gasteiger charge is 2.16. The van der Waals surface area contributed by atoms with Crippen LogP contribution < -0.4 is 14.2 Å². The van der Waals surface area contributed by atoms with Crippen molar-refractivity contribution in [1.29, 1.82) is 0 Å². The summed E-state index contributed by atoms with van der Waals surface area (Å²) in [6.45, 7) is 4.13. The van der Waals surface area contributed by atoms with Gasteiger partial charge in [0, 0.05) is 3.57 Å². The van der Waals surface area contributed by atoms with Crippen LogP contribution in [0.25, 0.3) is 22.9 Å². The molecule has 0 aromatic heterocycles. The van der Waals surface area contributed by atoms with Gasteiger partial charge in [0.2, 0.25) is 5.75 Å². The molecule has 0 aliphatic heterocycles. The minimum atomic E-state index is 0.0847. The summed E-state index contributed by atoms with van der Waals surface area (Å²) in [6, 6.07) is 16.7. The Kier molecular flexibility index (Phi) is 6.83. The van der Waals surface area contributed by atoms with E-state index < -0.39 is 0 Å². The van der Waals surface area contributed by atoms with Crippen LogP contribution in [0.1, 0.15) is 31.4 Å². The maximum atomic E-state index is 6.03. The molecule has 1 unspecified atom stereocenters. The van der Waals surface area contributed by atoms with E-state index >= 15 is 0 Å². The normalized spacial score (nSPS) is 12.3. The van der Waals surface area contributed by atoms with Gasteiger partial charge in [0.1, 0.15) is 0 Å². The average molecular weight is 488 g/mol. The van der Waals surface area contributed by atoms with Gasteiger partial charge in [-0.05, 0) is 76.0 Å². The Morgan fingerprint density at radius 2 is 1.64 bits per heavy atom. The van der Waals surface area contributed by atoms with Crippen LogP contribution in [-0.2, 0) is 0 Å². The fraction of sp³-hybridized carbons (Fsp3) is 0.250. The van der Waals surface area contributed by atoms with Crippen LogP contribution in [0.5, 0.6) is 17.2 Å². The summed E-state index contributed by atoms with van der Waals surface area (Å²) in [5.41, 5.74) is 2.20. The number of fused-ring (bicyclic) bond motifs is 1. The van der Waals surface area contributed by atoms with Crippen LogP contribution in [-0.4, -0.2) is 20.3 Å². The minimum absolute atomic E-state index is 0.0847. The van der Waals surface area contributed by atoms with Crippen molar-refractivity contribution in [1.82, 2.24) is 0 Å². The topological polar surface area (TPSA) is 27.7 Å². The van der Waals surface area contributed by atoms with Gasteiger partial charge in [0.15, 0.2) is 11.5 Å². The average Bonchev–Trinajstić information content (AvgIpc) is 2.73. The highest BCUT2D eigenvalue weighted by atomic mass is 127. The third-order valence-electron chi connectivity index (χ3n) is 4.74. The van der Waals surface area contributed by atoms with Crippen molar-refractivity contribution in [3.8, 4) is 17.2 Å². The summed E-state index contributed by atoms with van der Waals surface area (Å²) in [7, 11) is 3.30. The number of hydrogen-bond acceptors (Lipinski definition) is 3. The first-order valence-corrected chi connectivity index (χ1v) is 10.4. The molecule has 0 N–H and O–H groups in total. The molecule has 0 radical (unpaired) electrons. The summed E-state index contributed by atoms with van der Waals surface area (Å²) in [5.74, 6) is 2.00. The molecule has 0 heterocycles. The van der Waals surface area contributed by atoms with Gasteiger partial charge in [-0.3, -0.25) is 0 Å². The molecule has 3 aromatic rings. The highest BCUT2D eigenvalue weighted by Crippen LogP contribution is 2.40. The lowest BCUT2D eigenvalue weighted by atomic mass is 10.0. The predicted molar refractivity (Wildman–Crippen MR) is 126 cm³/mol. The van der Waals surface area contributed by atoms with Crippen molar-refractivity contribution in [2.24, 2.45) is 0 Å². The van der Waals surface area contributed by atoms with Crippen molar-refractivity contribution in [3.63, 3.8) is 0 Å². The van der Waals surface area contributed by atoms with Crippen molar-refractivity contribution >= 4 is 45.5 Å². The summed E-state index contributed by atoms with van der Waals surface area (Å²) >= 11 is 2.38. The van der Waals surface area contributed by atoms with Crippen LogP contribution in [0.4, 0.5) is 0 Å². The number of halogens is 1. The summed E-state index contributed by atoms with van der Waals surface area (Å²) < 4.78 is 18.4. The quantitative estimate of drug-likeness (QED) is 0.270. The van der Waals surface area contributed by atoms with Gasteiger partial charge >= 0.3 is 0 Å². The van der Waals surface area contributed by atoms with Crippen LogP contribution in [0.2, 0.25) is 0 Å². The van der Waals surface area contributed by atoms with Gasteiger partial charge < -0.3 is 14.2 Å². The van der Waals surface area contributed by atoms with E-state index in [9.17, 15) is 0 Å². The third-order valence-corrected chi connectivity index (χ3v) is 5.68. The van der Waals surface area contributed by atoms with E-state index in [4.69, 9.17) is 14.2 Å². The molecule has 0 aliphatic carbocycles. The lowest BCUT2D eigenvalue weighted by Crippen LogP contribution is -2.11. The van der Waals surface area contributed by atoms with Gasteiger partial charge in [-0.15, -0.1) is 0 Å². The van der Waals surface area contributed by atoms with E-state index in [0.29, 0.717) is 17.2 Å². The number of hydrogen-bond donors (Lipinski definition) is 0. The minimum Gasteiger partial charge on any atom is -0.493 e. The van der Waals surface area contributed by atoms with E-state index in [-0.39, 0.29) is 6.10 Å². The van der Waals surface area contributed by atoms with Crippen molar-refractivity contribution < 1.29 is 14.2 Å². The smallest absolute Gasteiger partial charge is 0.203 e. The molecule has 0 bridgehead atoms. The van der Waals surface area contributed by atoms with E-state index in [0.717, 1.165) is 12.0 Å². The summed E-state index contributed by atoms with van der Waals surface area (Å²) in [4.78, 5) is 0. The van der Waals surface area contributed by atoms with E-state index in [1.165, 1.54) is 19.9 Å². The van der Waals surface area contributed by atoms with Gasteiger partial charge in [-0.2, -0.15) is 0 Å². The number of methoxy groups -OCH3 is 2. The maximum Gasteiger partial charge on any atom is 0.203 e. The van der Waals surface area contributed by atoms with Crippen molar-refractivity contribution in [3.05, 3.63) is 63.2 Å². The molecule has 1 atom stereocenters. The zero-order valence-electron chi connectivity index (χ0n) is 16.7. The Bertz CT molecular complexity index is 969. The Labute approximate surface area is 180 Å². The zero-order valence-corrected chi connectivity index (χ0v) is 18.8. The molecule has 0 amide bonds.